The third-order valence-corrected chi connectivity index (χ3v) is 6.55. The Morgan fingerprint density at radius 3 is 2.57 bits per heavy atom. The largest absolute Gasteiger partial charge is 0.336 e. The molecule has 1 aromatic rings. The molecule has 4 rings (SSSR count). The number of aryl methyl sites for hydroxylation is 1. The smallest absolute Gasteiger partial charge is 0.256 e. The molecule has 0 unspecified atom stereocenters. The normalized spacial score (nSPS) is 21.8. The van der Waals surface area contributed by atoms with E-state index >= 15 is 0 Å². The molecule has 148 valence electrons. The Morgan fingerprint density at radius 1 is 1.07 bits per heavy atom. The van der Waals surface area contributed by atoms with Crippen molar-refractivity contribution in [2.24, 2.45) is 4.40 Å². The van der Waals surface area contributed by atoms with Crippen LogP contribution in [0, 0.1) is 6.92 Å². The minimum Gasteiger partial charge on any atom is -0.336 e. The molecule has 0 aromatic heterocycles. The number of fused-ring (bicyclic) bond motifs is 1. The van der Waals surface area contributed by atoms with Gasteiger partial charge in [0.05, 0.1) is 11.3 Å². The highest BCUT2D eigenvalue weighted by Gasteiger charge is 2.28. The summed E-state index contributed by atoms with van der Waals surface area (Å²) in [4.78, 5) is 18.9. The molecule has 3 aliphatic rings. The summed E-state index contributed by atoms with van der Waals surface area (Å²) in [7, 11) is -3.38. The number of amides is 1. The van der Waals surface area contributed by atoms with E-state index in [1.54, 1.807) is 23.3 Å². The first kappa shape index (κ1) is 18.9. The lowest BCUT2D eigenvalue weighted by Crippen LogP contribution is -2.49. The topological polar surface area (TPSA) is 73.3 Å². The molecule has 0 N–H and O–H groups in total. The molecule has 0 radical (unpaired) electrons. The molecule has 0 atom stereocenters. The van der Waals surface area contributed by atoms with Crippen LogP contribution in [0.4, 0.5) is 0 Å². The van der Waals surface area contributed by atoms with E-state index in [-0.39, 0.29) is 11.7 Å². The summed E-state index contributed by atoms with van der Waals surface area (Å²) >= 11 is 0. The van der Waals surface area contributed by atoms with E-state index in [0.29, 0.717) is 31.0 Å². The average Bonchev–Trinajstić information content (AvgIpc) is 2.69. The highest BCUT2D eigenvalue weighted by Crippen LogP contribution is 2.19. The van der Waals surface area contributed by atoms with Crippen molar-refractivity contribution in [3.8, 4) is 0 Å². The lowest BCUT2D eigenvalue weighted by molar-refractivity contribution is -0.128. The quantitative estimate of drug-likeness (QED) is 0.761. The number of benzene rings is 1. The minimum atomic E-state index is -3.38. The molecule has 7 nitrogen and oxygen atoms in total. The molecule has 3 aliphatic heterocycles. The van der Waals surface area contributed by atoms with Gasteiger partial charge in [0.15, 0.2) is 0 Å². The van der Waals surface area contributed by atoms with Crippen molar-refractivity contribution in [1.29, 1.82) is 0 Å². The maximum absolute atomic E-state index is 12.9. The predicted octanol–water partition coefficient (Wildman–Crippen LogP) is 1.14. The van der Waals surface area contributed by atoms with Crippen LogP contribution in [0.5, 0.6) is 0 Å². The van der Waals surface area contributed by atoms with E-state index in [1.807, 2.05) is 4.90 Å². The second-order valence-corrected chi connectivity index (χ2v) is 9.10. The van der Waals surface area contributed by atoms with Crippen molar-refractivity contribution in [2.75, 3.05) is 38.5 Å². The molecule has 1 aromatic carbocycles. The second kappa shape index (κ2) is 7.52. The van der Waals surface area contributed by atoms with Gasteiger partial charge in [-0.2, -0.15) is 0 Å². The molecule has 0 aliphatic carbocycles. The number of piperazine rings is 1. The van der Waals surface area contributed by atoms with Gasteiger partial charge in [-0.05, 0) is 30.2 Å². The van der Waals surface area contributed by atoms with Crippen molar-refractivity contribution in [3.05, 3.63) is 59.3 Å². The minimum absolute atomic E-state index is 0.0146. The molecular weight excluding hydrogens is 376 g/mol. The molecular formula is C20H24N4O3S. The average molecular weight is 401 g/mol. The zero-order valence-corrected chi connectivity index (χ0v) is 16.7. The highest BCUT2D eigenvalue weighted by atomic mass is 32.2. The van der Waals surface area contributed by atoms with Crippen LogP contribution in [0.1, 0.15) is 11.1 Å². The molecule has 3 heterocycles. The van der Waals surface area contributed by atoms with Crippen LogP contribution in [0.3, 0.4) is 0 Å². The highest BCUT2D eigenvalue weighted by molar-refractivity contribution is 7.90. The number of hydrogen-bond donors (Lipinski definition) is 0. The number of carbonyl (C=O) groups is 1. The van der Waals surface area contributed by atoms with Gasteiger partial charge in [0.25, 0.3) is 15.9 Å². The fourth-order valence-electron chi connectivity index (χ4n) is 3.65. The molecule has 0 bridgehead atoms. The van der Waals surface area contributed by atoms with Gasteiger partial charge in [0.1, 0.15) is 5.84 Å². The Hall–Kier alpha value is -2.45. The van der Waals surface area contributed by atoms with Gasteiger partial charge in [-0.3, -0.25) is 9.69 Å². The molecule has 1 amide bonds. The maximum Gasteiger partial charge on any atom is 0.256 e. The van der Waals surface area contributed by atoms with Crippen LogP contribution in [0.2, 0.25) is 0 Å². The number of sulfonamides is 1. The number of hydrogen-bond acceptors (Lipinski definition) is 5. The van der Waals surface area contributed by atoms with E-state index in [9.17, 15) is 13.2 Å². The molecule has 8 heteroatoms. The Kier molecular flexibility index (Phi) is 5.07. The third-order valence-electron chi connectivity index (χ3n) is 5.39. The molecule has 0 spiro atoms. The van der Waals surface area contributed by atoms with Crippen LogP contribution >= 0.6 is 0 Å². The Bertz CT molecular complexity index is 973. The summed E-state index contributed by atoms with van der Waals surface area (Å²) in [5.74, 6) is 0.338. The fraction of sp³-hybridized carbons (Fsp3) is 0.400. The molecule has 28 heavy (non-hydrogen) atoms. The zero-order valence-electron chi connectivity index (χ0n) is 15.9. The van der Waals surface area contributed by atoms with Gasteiger partial charge in [-0.25, -0.2) is 8.42 Å². The van der Waals surface area contributed by atoms with Crippen LogP contribution in [0.15, 0.2) is 52.6 Å². The van der Waals surface area contributed by atoms with E-state index in [4.69, 9.17) is 0 Å². The SMILES string of the molecule is Cc1ccccc1CN1CCN(C(=O)C2=CN3CCS(=O)(=O)N=C3C=C2)CC1. The van der Waals surface area contributed by atoms with Crippen LogP contribution in [-0.4, -0.2) is 73.3 Å². The van der Waals surface area contributed by atoms with E-state index in [1.165, 1.54) is 11.1 Å². The van der Waals surface area contributed by atoms with Gasteiger partial charge in [-0.1, -0.05) is 24.3 Å². The van der Waals surface area contributed by atoms with Crippen molar-refractivity contribution < 1.29 is 13.2 Å². The lowest BCUT2D eigenvalue weighted by atomic mass is 10.1. The Labute approximate surface area is 165 Å². The van der Waals surface area contributed by atoms with Crippen molar-refractivity contribution >= 4 is 21.8 Å². The van der Waals surface area contributed by atoms with E-state index in [0.717, 1.165) is 19.6 Å². The molecule has 1 saturated heterocycles. The summed E-state index contributed by atoms with van der Waals surface area (Å²) in [5.41, 5.74) is 3.19. The van der Waals surface area contributed by atoms with Crippen LogP contribution in [-0.2, 0) is 21.4 Å². The van der Waals surface area contributed by atoms with Crippen molar-refractivity contribution in [3.63, 3.8) is 0 Å². The Balaban J connectivity index is 1.37. The lowest BCUT2D eigenvalue weighted by Gasteiger charge is -2.36. The van der Waals surface area contributed by atoms with Gasteiger partial charge < -0.3 is 9.80 Å². The Morgan fingerprint density at radius 2 is 1.82 bits per heavy atom. The second-order valence-electron chi connectivity index (χ2n) is 7.34. The summed E-state index contributed by atoms with van der Waals surface area (Å²) in [6, 6.07) is 8.39. The molecule has 1 fully saturated rings. The number of nitrogens with zero attached hydrogens (tertiary/aromatic N) is 4. The van der Waals surface area contributed by atoms with E-state index in [2.05, 4.69) is 40.5 Å². The summed E-state index contributed by atoms with van der Waals surface area (Å²) < 4.78 is 27.0. The summed E-state index contributed by atoms with van der Waals surface area (Å²) in [6.45, 7) is 6.40. The first-order valence-corrected chi connectivity index (χ1v) is 11.1. The van der Waals surface area contributed by atoms with Crippen molar-refractivity contribution in [2.45, 2.75) is 13.5 Å². The fourth-order valence-corrected chi connectivity index (χ4v) is 4.62. The van der Waals surface area contributed by atoms with Gasteiger partial charge in [0, 0.05) is 45.5 Å². The van der Waals surface area contributed by atoms with Crippen molar-refractivity contribution in [1.82, 2.24) is 14.7 Å². The monoisotopic (exact) mass is 400 g/mol. The zero-order chi connectivity index (χ0) is 19.7. The van der Waals surface area contributed by atoms with E-state index < -0.39 is 10.0 Å². The number of amidine groups is 1. The van der Waals surface area contributed by atoms with Gasteiger partial charge in [0.2, 0.25) is 0 Å². The van der Waals surface area contributed by atoms with Crippen LogP contribution < -0.4 is 0 Å². The number of carbonyl (C=O) groups excluding carboxylic acids is 1. The first-order valence-electron chi connectivity index (χ1n) is 9.47. The van der Waals surface area contributed by atoms with Gasteiger partial charge in [-0.15, -0.1) is 4.40 Å². The predicted molar refractivity (Wildman–Crippen MR) is 108 cm³/mol. The summed E-state index contributed by atoms with van der Waals surface area (Å²) in [5, 5.41) is 0. The first-order chi connectivity index (χ1) is 13.4. The van der Waals surface area contributed by atoms with Crippen LogP contribution in [0.25, 0.3) is 0 Å². The maximum atomic E-state index is 12.9. The number of rotatable bonds is 3. The van der Waals surface area contributed by atoms with Gasteiger partial charge >= 0.3 is 0 Å². The summed E-state index contributed by atoms with van der Waals surface area (Å²) in [6.07, 6.45) is 4.99. The third kappa shape index (κ3) is 4.02. The standard InChI is InChI=1S/C20H24N4O3S/c1-16-4-2-3-5-17(16)14-22-8-10-23(11-9-22)20(25)18-6-7-19-21-28(26,27)13-12-24(19)15-18/h2-7,15H,8-14H2,1H3. The molecule has 0 saturated carbocycles.